The van der Waals surface area contributed by atoms with Crippen molar-refractivity contribution in [3.8, 4) is 0 Å². The van der Waals surface area contributed by atoms with E-state index in [1.54, 1.807) is 0 Å². The van der Waals surface area contributed by atoms with Crippen LogP contribution in [0.2, 0.25) is 0 Å². The second-order valence-electron chi connectivity index (χ2n) is 4.26. The van der Waals surface area contributed by atoms with E-state index in [9.17, 15) is 4.79 Å². The van der Waals surface area contributed by atoms with Crippen molar-refractivity contribution in [2.24, 2.45) is 0 Å². The van der Waals surface area contributed by atoms with E-state index in [4.69, 9.17) is 4.74 Å². The number of esters is 1. The van der Waals surface area contributed by atoms with Crippen LogP contribution in [-0.4, -0.2) is 31.6 Å². The van der Waals surface area contributed by atoms with Crippen molar-refractivity contribution in [1.29, 1.82) is 0 Å². The van der Waals surface area contributed by atoms with E-state index in [0.717, 1.165) is 18.7 Å². The summed E-state index contributed by atoms with van der Waals surface area (Å²) < 4.78 is 4.73. The van der Waals surface area contributed by atoms with E-state index in [0.29, 0.717) is 6.42 Å². The zero-order chi connectivity index (χ0) is 13.4. The van der Waals surface area contributed by atoms with Crippen LogP contribution in [0, 0.1) is 0 Å². The van der Waals surface area contributed by atoms with Crippen molar-refractivity contribution in [2.45, 2.75) is 19.9 Å². The molecule has 0 N–H and O–H groups in total. The highest BCUT2D eigenvalue weighted by molar-refractivity contribution is 5.88. The predicted molar refractivity (Wildman–Crippen MR) is 73.2 cm³/mol. The molecule has 98 valence electrons. The number of ether oxygens (including phenoxy) is 1. The van der Waals surface area contributed by atoms with Gasteiger partial charge in [0.2, 0.25) is 0 Å². The van der Waals surface area contributed by atoms with Crippen LogP contribution >= 0.6 is 0 Å². The van der Waals surface area contributed by atoms with Gasteiger partial charge in [0.15, 0.2) is 0 Å². The Morgan fingerprint density at radius 2 is 2.00 bits per heavy atom. The van der Waals surface area contributed by atoms with Gasteiger partial charge in [-0.2, -0.15) is 0 Å². The number of nitrogens with zero attached hydrogens (tertiary/aromatic N) is 1. The average molecular weight is 247 g/mol. The largest absolute Gasteiger partial charge is 0.466 e. The maximum absolute atomic E-state index is 11.4. The number of likely N-dealkylation sites (N-methyl/N-ethyl adjacent to an activating group) is 1. The molecule has 0 aliphatic rings. The summed E-state index contributed by atoms with van der Waals surface area (Å²) >= 11 is 0. The molecular formula is C15H21NO2. The SMILES string of the molecule is CCC(=CCN(C)Cc1ccccc1)C(=O)OC. The van der Waals surface area contributed by atoms with Crippen molar-refractivity contribution in [2.75, 3.05) is 20.7 Å². The lowest BCUT2D eigenvalue weighted by molar-refractivity contribution is -0.136. The van der Waals surface area contributed by atoms with E-state index >= 15 is 0 Å². The number of benzene rings is 1. The Bertz CT molecular complexity index is 398. The highest BCUT2D eigenvalue weighted by Crippen LogP contribution is 2.06. The van der Waals surface area contributed by atoms with Crippen LogP contribution in [-0.2, 0) is 16.1 Å². The molecule has 0 heterocycles. The molecule has 1 aromatic carbocycles. The summed E-state index contributed by atoms with van der Waals surface area (Å²) in [5.74, 6) is -0.231. The van der Waals surface area contributed by atoms with Crippen molar-refractivity contribution < 1.29 is 9.53 Å². The number of methoxy groups -OCH3 is 1. The molecular weight excluding hydrogens is 226 g/mol. The number of hydrogen-bond acceptors (Lipinski definition) is 3. The zero-order valence-corrected chi connectivity index (χ0v) is 11.3. The average Bonchev–Trinajstić information content (AvgIpc) is 2.40. The predicted octanol–water partition coefficient (Wildman–Crippen LogP) is 2.63. The number of carbonyl (C=O) groups is 1. The second kappa shape index (κ2) is 7.67. The van der Waals surface area contributed by atoms with E-state index < -0.39 is 0 Å². The molecule has 1 rings (SSSR count). The van der Waals surface area contributed by atoms with Gasteiger partial charge in [-0.3, -0.25) is 4.90 Å². The topological polar surface area (TPSA) is 29.5 Å². The lowest BCUT2D eigenvalue weighted by atomic mass is 10.2. The molecule has 3 nitrogen and oxygen atoms in total. The minimum absolute atomic E-state index is 0.231. The van der Waals surface area contributed by atoms with Gasteiger partial charge in [0.05, 0.1) is 7.11 Å². The van der Waals surface area contributed by atoms with Crippen molar-refractivity contribution in [1.82, 2.24) is 4.90 Å². The third-order valence-corrected chi connectivity index (χ3v) is 2.77. The number of rotatable bonds is 6. The molecule has 0 amide bonds. The first-order chi connectivity index (χ1) is 8.67. The summed E-state index contributed by atoms with van der Waals surface area (Å²) in [7, 11) is 3.45. The zero-order valence-electron chi connectivity index (χ0n) is 11.3. The quantitative estimate of drug-likeness (QED) is 0.571. The third kappa shape index (κ3) is 4.72. The van der Waals surface area contributed by atoms with E-state index in [1.165, 1.54) is 12.7 Å². The maximum Gasteiger partial charge on any atom is 0.333 e. The molecule has 0 aliphatic heterocycles. The van der Waals surface area contributed by atoms with E-state index in [-0.39, 0.29) is 5.97 Å². The van der Waals surface area contributed by atoms with E-state index in [2.05, 4.69) is 17.0 Å². The summed E-state index contributed by atoms with van der Waals surface area (Å²) in [5, 5.41) is 0. The normalized spacial score (nSPS) is 11.7. The van der Waals surface area contributed by atoms with Crippen LogP contribution in [0.5, 0.6) is 0 Å². The molecule has 1 aromatic rings. The van der Waals surface area contributed by atoms with Gasteiger partial charge in [0, 0.05) is 18.7 Å². The smallest absolute Gasteiger partial charge is 0.333 e. The Morgan fingerprint density at radius 1 is 1.33 bits per heavy atom. The molecule has 0 aromatic heterocycles. The summed E-state index contributed by atoms with van der Waals surface area (Å²) in [6.07, 6.45) is 2.64. The fraction of sp³-hybridized carbons (Fsp3) is 0.400. The first-order valence-corrected chi connectivity index (χ1v) is 6.17. The van der Waals surface area contributed by atoms with Crippen molar-refractivity contribution in [3.63, 3.8) is 0 Å². The Morgan fingerprint density at radius 3 is 2.56 bits per heavy atom. The Kier molecular flexibility index (Phi) is 6.15. The molecule has 18 heavy (non-hydrogen) atoms. The summed E-state index contributed by atoms with van der Waals surface area (Å²) in [6.45, 7) is 3.57. The van der Waals surface area contributed by atoms with Crippen LogP contribution < -0.4 is 0 Å². The fourth-order valence-electron chi connectivity index (χ4n) is 1.73. The van der Waals surface area contributed by atoms with Crippen LogP contribution in [0.1, 0.15) is 18.9 Å². The summed E-state index contributed by atoms with van der Waals surface area (Å²) in [6, 6.07) is 10.3. The fourth-order valence-corrected chi connectivity index (χ4v) is 1.73. The maximum atomic E-state index is 11.4. The monoisotopic (exact) mass is 247 g/mol. The van der Waals surface area contributed by atoms with Crippen LogP contribution in [0.4, 0.5) is 0 Å². The Labute approximate surface area is 109 Å². The molecule has 0 bridgehead atoms. The molecule has 0 spiro atoms. The minimum atomic E-state index is -0.231. The van der Waals surface area contributed by atoms with Gasteiger partial charge >= 0.3 is 5.97 Å². The van der Waals surface area contributed by atoms with Crippen LogP contribution in [0.3, 0.4) is 0 Å². The lowest BCUT2D eigenvalue weighted by Crippen LogP contribution is -2.18. The molecule has 0 saturated heterocycles. The van der Waals surface area contributed by atoms with Gasteiger partial charge in [0.25, 0.3) is 0 Å². The van der Waals surface area contributed by atoms with Crippen LogP contribution in [0.25, 0.3) is 0 Å². The Balaban J connectivity index is 2.52. The van der Waals surface area contributed by atoms with Gasteiger partial charge in [0.1, 0.15) is 0 Å². The molecule has 0 radical (unpaired) electrons. The molecule has 0 fully saturated rings. The number of hydrogen-bond donors (Lipinski definition) is 0. The first-order valence-electron chi connectivity index (χ1n) is 6.17. The molecule has 0 atom stereocenters. The van der Waals surface area contributed by atoms with Crippen molar-refractivity contribution in [3.05, 3.63) is 47.5 Å². The summed E-state index contributed by atoms with van der Waals surface area (Å²) in [4.78, 5) is 13.6. The number of carbonyl (C=O) groups excluding carboxylic acids is 1. The standard InChI is InChI=1S/C15H21NO2/c1-4-14(15(17)18-3)10-11-16(2)12-13-8-6-5-7-9-13/h5-10H,4,11-12H2,1-3H3. The van der Waals surface area contributed by atoms with Crippen LogP contribution in [0.15, 0.2) is 42.0 Å². The molecule has 0 unspecified atom stereocenters. The molecule has 0 saturated carbocycles. The second-order valence-corrected chi connectivity index (χ2v) is 4.26. The minimum Gasteiger partial charge on any atom is -0.466 e. The van der Waals surface area contributed by atoms with Gasteiger partial charge in [-0.05, 0) is 19.0 Å². The first kappa shape index (κ1) is 14.5. The summed E-state index contributed by atoms with van der Waals surface area (Å²) in [5.41, 5.74) is 2.00. The lowest BCUT2D eigenvalue weighted by Gasteiger charge is -2.15. The van der Waals surface area contributed by atoms with E-state index in [1.807, 2.05) is 38.2 Å². The van der Waals surface area contributed by atoms with Gasteiger partial charge in [-0.25, -0.2) is 4.79 Å². The third-order valence-electron chi connectivity index (χ3n) is 2.77. The highest BCUT2D eigenvalue weighted by atomic mass is 16.5. The molecule has 0 aliphatic carbocycles. The Hall–Kier alpha value is -1.61. The van der Waals surface area contributed by atoms with Gasteiger partial charge < -0.3 is 4.74 Å². The van der Waals surface area contributed by atoms with Gasteiger partial charge in [-0.15, -0.1) is 0 Å². The highest BCUT2D eigenvalue weighted by Gasteiger charge is 2.07. The molecule has 3 heteroatoms. The van der Waals surface area contributed by atoms with Gasteiger partial charge in [-0.1, -0.05) is 43.3 Å². The van der Waals surface area contributed by atoms with Crippen molar-refractivity contribution >= 4 is 5.97 Å².